The Bertz CT molecular complexity index is 1150. The minimum absolute atomic E-state index is 0.634. The monoisotopic (exact) mass is 426 g/mol. The highest BCUT2D eigenvalue weighted by Crippen LogP contribution is 2.73. The second-order valence-corrected chi connectivity index (χ2v) is 10.4. The first-order valence-corrected chi connectivity index (χ1v) is 12.1. The first kappa shape index (κ1) is 18.7. The molecule has 0 amide bonds. The number of anilines is 2. The summed E-state index contributed by atoms with van der Waals surface area (Å²) in [7, 11) is 1.92. The van der Waals surface area contributed by atoms with Gasteiger partial charge in [-0.3, -0.25) is 4.68 Å². The van der Waals surface area contributed by atoms with Crippen LogP contribution < -0.4 is 9.80 Å². The molecule has 2 aliphatic heterocycles. The van der Waals surface area contributed by atoms with Gasteiger partial charge in [0.25, 0.3) is 0 Å². The van der Waals surface area contributed by atoms with Crippen LogP contribution in [-0.2, 0) is 7.05 Å². The lowest BCUT2D eigenvalue weighted by atomic mass is 9.90. The molecule has 6 nitrogen and oxygen atoms in total. The van der Waals surface area contributed by atoms with E-state index in [4.69, 9.17) is 0 Å². The minimum Gasteiger partial charge on any atom is -0.368 e. The van der Waals surface area contributed by atoms with E-state index in [1.165, 1.54) is 37.1 Å². The molecule has 2 saturated carbocycles. The molecule has 3 fully saturated rings. The van der Waals surface area contributed by atoms with Crippen molar-refractivity contribution in [2.45, 2.75) is 38.1 Å². The van der Waals surface area contributed by atoms with Crippen LogP contribution in [0, 0.1) is 24.7 Å². The van der Waals surface area contributed by atoms with Gasteiger partial charge in [0.15, 0.2) is 5.82 Å². The summed E-state index contributed by atoms with van der Waals surface area (Å²) >= 11 is 0. The Kier molecular flexibility index (Phi) is 3.97. The molecule has 2 aromatic heterocycles. The molecule has 3 unspecified atom stereocenters. The number of nitrogens with zero attached hydrogens (tertiary/aromatic N) is 6. The molecule has 0 N–H and O–H groups in total. The minimum atomic E-state index is 0.634. The number of fused-ring (bicyclic) bond motifs is 2. The fourth-order valence-corrected chi connectivity index (χ4v) is 6.33. The Balaban J connectivity index is 1.05. The standard InChI is InChI=1S/C26H30N6/c1-16-3-4-19-22(26-20-12-21(20)26)15-32(24(19)11-16)18-7-9-31(10-8-18)25-6-5-23(28-29-25)17-13-27-30(2)14-17/h3-6,11,13-14,18,20-22,26H,7-10,12,15H2,1-2H3. The van der Waals surface area contributed by atoms with Crippen molar-refractivity contribution in [2.75, 3.05) is 29.4 Å². The van der Waals surface area contributed by atoms with Crippen LogP contribution in [-0.4, -0.2) is 45.7 Å². The summed E-state index contributed by atoms with van der Waals surface area (Å²) in [4.78, 5) is 5.16. The van der Waals surface area contributed by atoms with Gasteiger partial charge in [-0.1, -0.05) is 12.1 Å². The Morgan fingerprint density at radius 1 is 1.00 bits per heavy atom. The Morgan fingerprint density at radius 2 is 1.84 bits per heavy atom. The first-order valence-electron chi connectivity index (χ1n) is 12.1. The molecule has 6 heteroatoms. The van der Waals surface area contributed by atoms with Crippen molar-refractivity contribution >= 4 is 11.5 Å². The highest BCUT2D eigenvalue weighted by molar-refractivity contribution is 5.64. The number of hydrogen-bond acceptors (Lipinski definition) is 5. The van der Waals surface area contributed by atoms with Crippen molar-refractivity contribution in [1.82, 2.24) is 20.0 Å². The molecule has 1 aromatic carbocycles. The van der Waals surface area contributed by atoms with Gasteiger partial charge in [0.2, 0.25) is 0 Å². The van der Waals surface area contributed by atoms with E-state index in [0.29, 0.717) is 6.04 Å². The van der Waals surface area contributed by atoms with Crippen LogP contribution in [0.5, 0.6) is 0 Å². The summed E-state index contributed by atoms with van der Waals surface area (Å²) in [5, 5.41) is 13.2. The van der Waals surface area contributed by atoms with Gasteiger partial charge in [0, 0.05) is 56.1 Å². The second-order valence-electron chi connectivity index (χ2n) is 10.4. The molecule has 7 rings (SSSR count). The van der Waals surface area contributed by atoms with Crippen molar-refractivity contribution < 1.29 is 0 Å². The van der Waals surface area contributed by atoms with E-state index in [9.17, 15) is 0 Å². The Labute approximate surface area is 189 Å². The number of aryl methyl sites for hydroxylation is 2. The maximum Gasteiger partial charge on any atom is 0.151 e. The topological polar surface area (TPSA) is 50.1 Å². The van der Waals surface area contributed by atoms with E-state index < -0.39 is 0 Å². The molecular formula is C26H30N6. The third-order valence-corrected chi connectivity index (χ3v) is 8.37. The number of hydrogen-bond donors (Lipinski definition) is 0. The molecule has 0 spiro atoms. The van der Waals surface area contributed by atoms with E-state index in [2.05, 4.69) is 62.4 Å². The largest absolute Gasteiger partial charge is 0.368 e. The molecule has 4 heterocycles. The van der Waals surface area contributed by atoms with Crippen LogP contribution in [0.15, 0.2) is 42.7 Å². The van der Waals surface area contributed by atoms with Crippen molar-refractivity contribution in [1.29, 1.82) is 0 Å². The lowest BCUT2D eigenvalue weighted by Crippen LogP contribution is -2.45. The van der Waals surface area contributed by atoms with Crippen LogP contribution in [0.3, 0.4) is 0 Å². The van der Waals surface area contributed by atoms with Crippen molar-refractivity contribution in [2.24, 2.45) is 24.8 Å². The van der Waals surface area contributed by atoms with Gasteiger partial charge >= 0.3 is 0 Å². The Morgan fingerprint density at radius 3 is 2.50 bits per heavy atom. The van der Waals surface area contributed by atoms with Crippen molar-refractivity contribution in [3.8, 4) is 11.3 Å². The Hall–Kier alpha value is -2.89. The molecule has 2 aliphatic carbocycles. The third-order valence-electron chi connectivity index (χ3n) is 8.37. The lowest BCUT2D eigenvalue weighted by Gasteiger charge is -2.38. The quantitative estimate of drug-likeness (QED) is 0.631. The van der Waals surface area contributed by atoms with Gasteiger partial charge in [-0.25, -0.2) is 0 Å². The van der Waals surface area contributed by atoms with E-state index in [-0.39, 0.29) is 0 Å². The number of benzene rings is 1. The summed E-state index contributed by atoms with van der Waals surface area (Å²) < 4.78 is 1.80. The predicted octanol–water partition coefficient (Wildman–Crippen LogP) is 4.02. The summed E-state index contributed by atoms with van der Waals surface area (Å²) in [5.41, 5.74) is 6.44. The maximum absolute atomic E-state index is 4.54. The van der Waals surface area contributed by atoms with E-state index in [0.717, 1.165) is 53.8 Å². The SMILES string of the molecule is Cc1ccc2c(c1)N(C1CCN(c3ccc(-c4cnn(C)c4)nn3)CC1)CC2C1C2CC21. The van der Waals surface area contributed by atoms with Crippen LogP contribution in [0.1, 0.15) is 36.3 Å². The summed E-state index contributed by atoms with van der Waals surface area (Å²) in [6, 6.07) is 12.0. The van der Waals surface area contributed by atoms with Crippen LogP contribution in [0.2, 0.25) is 0 Å². The van der Waals surface area contributed by atoms with E-state index >= 15 is 0 Å². The first-order chi connectivity index (χ1) is 15.7. The fraction of sp³-hybridized carbons (Fsp3) is 0.500. The van der Waals surface area contributed by atoms with Gasteiger partial charge in [0.05, 0.1) is 11.9 Å². The predicted molar refractivity (Wildman–Crippen MR) is 126 cm³/mol. The normalized spacial score (nSPS) is 28.6. The number of rotatable bonds is 4. The zero-order chi connectivity index (χ0) is 21.4. The molecule has 1 saturated heterocycles. The van der Waals surface area contributed by atoms with Gasteiger partial charge in [-0.05, 0) is 73.3 Å². The fourth-order valence-electron chi connectivity index (χ4n) is 6.33. The van der Waals surface area contributed by atoms with Gasteiger partial charge < -0.3 is 9.80 Å². The van der Waals surface area contributed by atoms with E-state index in [1.54, 1.807) is 10.2 Å². The molecule has 164 valence electrons. The van der Waals surface area contributed by atoms with Gasteiger partial charge in [-0.2, -0.15) is 5.10 Å². The maximum atomic E-state index is 4.54. The molecule has 32 heavy (non-hydrogen) atoms. The van der Waals surface area contributed by atoms with Crippen LogP contribution in [0.25, 0.3) is 11.3 Å². The average Bonchev–Trinajstić information content (AvgIpc) is 3.65. The molecule has 3 atom stereocenters. The molecule has 0 radical (unpaired) electrons. The summed E-state index contributed by atoms with van der Waals surface area (Å²) in [6.07, 6.45) is 7.68. The zero-order valence-corrected chi connectivity index (χ0v) is 18.9. The summed E-state index contributed by atoms with van der Waals surface area (Å²) in [6.45, 7) is 5.56. The van der Waals surface area contributed by atoms with Gasteiger partial charge in [-0.15, -0.1) is 10.2 Å². The summed E-state index contributed by atoms with van der Waals surface area (Å²) in [5.74, 6) is 4.87. The van der Waals surface area contributed by atoms with Gasteiger partial charge in [0.1, 0.15) is 0 Å². The van der Waals surface area contributed by atoms with Crippen molar-refractivity contribution in [3.05, 3.63) is 53.9 Å². The zero-order valence-electron chi connectivity index (χ0n) is 18.9. The van der Waals surface area contributed by atoms with Crippen molar-refractivity contribution in [3.63, 3.8) is 0 Å². The average molecular weight is 427 g/mol. The molecule has 3 aromatic rings. The molecule has 4 aliphatic rings. The second kappa shape index (κ2) is 6.80. The van der Waals surface area contributed by atoms with Crippen LogP contribution >= 0.6 is 0 Å². The molecular weight excluding hydrogens is 396 g/mol. The lowest BCUT2D eigenvalue weighted by molar-refractivity contribution is 0.438. The highest BCUT2D eigenvalue weighted by Gasteiger charge is 2.67. The smallest absolute Gasteiger partial charge is 0.151 e. The molecule has 0 bridgehead atoms. The van der Waals surface area contributed by atoms with E-state index in [1.807, 2.05) is 19.4 Å². The third kappa shape index (κ3) is 2.95. The number of piperidine rings is 1. The van der Waals surface area contributed by atoms with Crippen LogP contribution in [0.4, 0.5) is 11.5 Å². The highest BCUT2D eigenvalue weighted by atomic mass is 15.3. The number of aromatic nitrogens is 4.